The molecule has 0 spiro atoms. The van der Waals surface area contributed by atoms with Gasteiger partial charge >= 0.3 is 0 Å². The zero-order valence-electron chi connectivity index (χ0n) is 9.03. The summed E-state index contributed by atoms with van der Waals surface area (Å²) in [5, 5.41) is 13.7. The lowest BCUT2D eigenvalue weighted by Crippen LogP contribution is -2.51. The molecule has 15 heavy (non-hydrogen) atoms. The van der Waals surface area contributed by atoms with Gasteiger partial charge in [0.15, 0.2) is 0 Å². The molecular weight excluding hydrogens is 188 g/mol. The Kier molecular flexibility index (Phi) is 2.67. The molecule has 2 unspecified atom stereocenters. The molecule has 0 fully saturated rings. The Morgan fingerprint density at radius 2 is 2.27 bits per heavy atom. The highest BCUT2D eigenvalue weighted by molar-refractivity contribution is 5.57. The Labute approximate surface area is 90.3 Å². The predicted molar refractivity (Wildman–Crippen MR) is 61.9 cm³/mol. The molecule has 2 rings (SSSR count). The first-order chi connectivity index (χ1) is 7.19. The van der Waals surface area contributed by atoms with Gasteiger partial charge in [0.05, 0.1) is 11.6 Å². The number of hydrogen-bond donors (Lipinski definition) is 3. The minimum absolute atomic E-state index is 0.0462. The van der Waals surface area contributed by atoms with Crippen molar-refractivity contribution in [1.29, 1.82) is 0 Å². The van der Waals surface area contributed by atoms with Gasteiger partial charge in [0.25, 0.3) is 0 Å². The maximum absolute atomic E-state index is 10.3. The first-order valence-electron chi connectivity index (χ1n) is 5.46. The van der Waals surface area contributed by atoms with Crippen LogP contribution in [0.4, 0.5) is 5.69 Å². The van der Waals surface area contributed by atoms with E-state index in [1.807, 2.05) is 25.1 Å². The van der Waals surface area contributed by atoms with E-state index in [0.717, 1.165) is 12.1 Å². The molecule has 4 N–H and O–H groups in total. The summed E-state index contributed by atoms with van der Waals surface area (Å²) >= 11 is 0. The fourth-order valence-corrected chi connectivity index (χ4v) is 2.16. The number of rotatable bonds is 3. The number of benzene rings is 1. The van der Waals surface area contributed by atoms with Crippen molar-refractivity contribution >= 4 is 5.69 Å². The molecule has 0 radical (unpaired) electrons. The van der Waals surface area contributed by atoms with Gasteiger partial charge in [-0.3, -0.25) is 0 Å². The Hall–Kier alpha value is -1.06. The number of nitrogens with one attached hydrogen (secondary N) is 1. The van der Waals surface area contributed by atoms with E-state index in [1.165, 1.54) is 5.56 Å². The van der Waals surface area contributed by atoms with Crippen LogP contribution >= 0.6 is 0 Å². The van der Waals surface area contributed by atoms with Gasteiger partial charge < -0.3 is 16.2 Å². The van der Waals surface area contributed by atoms with Crippen LogP contribution < -0.4 is 11.1 Å². The van der Waals surface area contributed by atoms with Crippen LogP contribution in [0.15, 0.2) is 24.3 Å². The van der Waals surface area contributed by atoms with Crippen LogP contribution in [0.1, 0.15) is 18.9 Å². The molecule has 1 aliphatic rings. The van der Waals surface area contributed by atoms with Crippen LogP contribution in [0.3, 0.4) is 0 Å². The summed E-state index contributed by atoms with van der Waals surface area (Å²) in [5.41, 5.74) is 7.24. The summed E-state index contributed by atoms with van der Waals surface area (Å²) in [7, 11) is 0. The highest BCUT2D eigenvalue weighted by Gasteiger charge is 2.37. The largest absolute Gasteiger partial charge is 0.386 e. The van der Waals surface area contributed by atoms with E-state index >= 15 is 0 Å². The smallest absolute Gasteiger partial charge is 0.0969 e. The molecule has 2 atom stereocenters. The summed E-state index contributed by atoms with van der Waals surface area (Å²) in [6.07, 6.45) is 1.53. The monoisotopic (exact) mass is 206 g/mol. The molecule has 0 aromatic heterocycles. The van der Waals surface area contributed by atoms with Crippen LogP contribution in [-0.2, 0) is 6.42 Å². The molecule has 1 aromatic rings. The lowest BCUT2D eigenvalue weighted by Gasteiger charge is -2.32. The van der Waals surface area contributed by atoms with Crippen molar-refractivity contribution in [2.45, 2.75) is 31.4 Å². The second-order valence-corrected chi connectivity index (χ2v) is 4.22. The maximum Gasteiger partial charge on any atom is 0.0969 e. The summed E-state index contributed by atoms with van der Waals surface area (Å²) in [5.74, 6) is 0. The summed E-state index contributed by atoms with van der Waals surface area (Å²) in [6, 6.07) is 8.21. The minimum atomic E-state index is -0.793. The third kappa shape index (κ3) is 1.73. The quantitative estimate of drug-likeness (QED) is 0.694. The zero-order chi connectivity index (χ0) is 10.9. The maximum atomic E-state index is 10.3. The van der Waals surface area contributed by atoms with Gasteiger partial charge in [-0.2, -0.15) is 0 Å². The second kappa shape index (κ2) is 3.83. The highest BCUT2D eigenvalue weighted by Crippen LogP contribution is 2.31. The highest BCUT2D eigenvalue weighted by atomic mass is 16.3. The lowest BCUT2D eigenvalue weighted by molar-refractivity contribution is 0.0275. The van der Waals surface area contributed by atoms with Gasteiger partial charge in [-0.15, -0.1) is 0 Å². The van der Waals surface area contributed by atoms with E-state index in [0.29, 0.717) is 13.0 Å². The van der Waals surface area contributed by atoms with Crippen molar-refractivity contribution in [2.75, 3.05) is 11.9 Å². The number of aliphatic hydroxyl groups is 1. The first-order valence-corrected chi connectivity index (χ1v) is 5.46. The topological polar surface area (TPSA) is 58.3 Å². The Morgan fingerprint density at radius 3 is 2.87 bits per heavy atom. The number of hydrogen-bond acceptors (Lipinski definition) is 3. The molecule has 82 valence electrons. The molecule has 0 saturated carbocycles. The first kappa shape index (κ1) is 10.5. The molecule has 0 amide bonds. The number of anilines is 1. The van der Waals surface area contributed by atoms with Gasteiger partial charge in [-0.25, -0.2) is 0 Å². The van der Waals surface area contributed by atoms with Crippen molar-refractivity contribution in [2.24, 2.45) is 5.73 Å². The van der Waals surface area contributed by atoms with Crippen molar-refractivity contribution in [3.63, 3.8) is 0 Å². The fourth-order valence-electron chi connectivity index (χ4n) is 2.16. The van der Waals surface area contributed by atoms with Crippen LogP contribution in [-0.4, -0.2) is 23.3 Å². The molecule has 3 heteroatoms. The van der Waals surface area contributed by atoms with E-state index in [2.05, 4.69) is 11.4 Å². The van der Waals surface area contributed by atoms with E-state index in [1.54, 1.807) is 0 Å². The average Bonchev–Trinajstić information content (AvgIpc) is 2.72. The number of para-hydroxylation sites is 1. The SMILES string of the molecule is CCC(O)(CN)C1Cc2ccccc2N1. The Morgan fingerprint density at radius 1 is 1.53 bits per heavy atom. The molecule has 1 aliphatic heterocycles. The van der Waals surface area contributed by atoms with Crippen molar-refractivity contribution < 1.29 is 5.11 Å². The van der Waals surface area contributed by atoms with Gasteiger partial charge in [0, 0.05) is 12.2 Å². The third-order valence-corrected chi connectivity index (χ3v) is 3.39. The summed E-state index contributed by atoms with van der Waals surface area (Å²) < 4.78 is 0. The lowest BCUT2D eigenvalue weighted by atomic mass is 9.89. The van der Waals surface area contributed by atoms with Crippen molar-refractivity contribution in [3.8, 4) is 0 Å². The minimum Gasteiger partial charge on any atom is -0.386 e. The van der Waals surface area contributed by atoms with Crippen molar-refractivity contribution in [3.05, 3.63) is 29.8 Å². The third-order valence-electron chi connectivity index (χ3n) is 3.39. The van der Waals surface area contributed by atoms with Crippen LogP contribution in [0.25, 0.3) is 0 Å². The van der Waals surface area contributed by atoms with Gasteiger partial charge in [0.2, 0.25) is 0 Å². The van der Waals surface area contributed by atoms with Gasteiger partial charge in [-0.05, 0) is 24.5 Å². The van der Waals surface area contributed by atoms with Crippen molar-refractivity contribution in [1.82, 2.24) is 0 Å². The van der Waals surface area contributed by atoms with Crippen LogP contribution in [0.2, 0.25) is 0 Å². The molecule has 3 nitrogen and oxygen atoms in total. The predicted octanol–water partition coefficient (Wildman–Crippen LogP) is 1.12. The Bertz CT molecular complexity index is 322. The van der Waals surface area contributed by atoms with Crippen LogP contribution in [0.5, 0.6) is 0 Å². The normalized spacial score (nSPS) is 23.0. The number of nitrogens with two attached hydrogens (primary N) is 1. The molecule has 0 aliphatic carbocycles. The molecule has 1 heterocycles. The molecule has 1 aromatic carbocycles. The Balaban J connectivity index is 2.19. The second-order valence-electron chi connectivity index (χ2n) is 4.22. The summed E-state index contributed by atoms with van der Waals surface area (Å²) in [4.78, 5) is 0. The summed E-state index contributed by atoms with van der Waals surface area (Å²) in [6.45, 7) is 2.27. The zero-order valence-corrected chi connectivity index (χ0v) is 9.03. The van der Waals surface area contributed by atoms with E-state index in [4.69, 9.17) is 5.73 Å². The van der Waals surface area contributed by atoms with Gasteiger partial charge in [0.1, 0.15) is 0 Å². The van der Waals surface area contributed by atoms with E-state index in [9.17, 15) is 5.11 Å². The molecule has 0 bridgehead atoms. The van der Waals surface area contributed by atoms with Crippen LogP contribution in [0, 0.1) is 0 Å². The molecular formula is C12H18N2O. The number of fused-ring (bicyclic) bond motifs is 1. The fraction of sp³-hybridized carbons (Fsp3) is 0.500. The standard InChI is InChI=1S/C12H18N2O/c1-2-12(15,8-13)11-7-9-5-3-4-6-10(9)14-11/h3-6,11,14-15H,2,7-8,13H2,1H3. The van der Waals surface area contributed by atoms with Gasteiger partial charge in [-0.1, -0.05) is 25.1 Å². The van der Waals surface area contributed by atoms with E-state index in [-0.39, 0.29) is 6.04 Å². The average molecular weight is 206 g/mol. The van der Waals surface area contributed by atoms with E-state index < -0.39 is 5.60 Å². The molecule has 0 saturated heterocycles.